The van der Waals surface area contributed by atoms with E-state index in [4.69, 9.17) is 5.11 Å². The molecule has 1 aliphatic rings. The minimum absolute atomic E-state index is 0.00477. The fraction of sp³-hybridized carbons (Fsp3) is 0.909. The number of carboxylic acid groups (broad SMARTS) is 1. The fourth-order valence-corrected chi connectivity index (χ4v) is 2.64. The van der Waals surface area contributed by atoms with Crippen molar-refractivity contribution in [3.63, 3.8) is 0 Å². The fourth-order valence-electron chi connectivity index (χ4n) is 2.64. The van der Waals surface area contributed by atoms with Crippen LogP contribution in [0.3, 0.4) is 0 Å². The molecular weight excluding hydrogens is 194 g/mol. The van der Waals surface area contributed by atoms with Gasteiger partial charge in [0.25, 0.3) is 0 Å². The van der Waals surface area contributed by atoms with Crippen LogP contribution < -0.4 is 0 Å². The van der Waals surface area contributed by atoms with Crippen molar-refractivity contribution in [3.05, 3.63) is 0 Å². The Labute approximate surface area is 90.9 Å². The highest BCUT2D eigenvalue weighted by molar-refractivity contribution is 5.65. The highest BCUT2D eigenvalue weighted by atomic mass is 16.4. The average molecular weight is 215 g/mol. The molecule has 0 aromatic carbocycles. The van der Waals surface area contributed by atoms with E-state index in [1.807, 2.05) is 27.7 Å². The molecule has 0 spiro atoms. The summed E-state index contributed by atoms with van der Waals surface area (Å²) in [6.45, 7) is 8.41. The zero-order chi connectivity index (χ0) is 11.8. The SMILES string of the molecule is CC1C(O)CCN(C(=O)O)C1C(C)(C)C. The number of aliphatic hydroxyl groups excluding tert-OH is 1. The Morgan fingerprint density at radius 1 is 1.40 bits per heavy atom. The first-order chi connectivity index (χ1) is 6.75. The van der Waals surface area contributed by atoms with Crippen molar-refractivity contribution in [1.82, 2.24) is 4.90 Å². The lowest BCUT2D eigenvalue weighted by Crippen LogP contribution is -2.57. The smallest absolute Gasteiger partial charge is 0.407 e. The number of carbonyl (C=O) groups is 1. The molecule has 0 radical (unpaired) electrons. The van der Waals surface area contributed by atoms with Gasteiger partial charge in [-0.3, -0.25) is 0 Å². The molecule has 88 valence electrons. The lowest BCUT2D eigenvalue weighted by atomic mass is 9.74. The van der Waals surface area contributed by atoms with E-state index >= 15 is 0 Å². The second-order valence-electron chi connectivity index (χ2n) is 5.50. The number of hydrogen-bond donors (Lipinski definition) is 2. The molecule has 3 unspecified atom stereocenters. The zero-order valence-electron chi connectivity index (χ0n) is 9.90. The maximum atomic E-state index is 11.1. The van der Waals surface area contributed by atoms with Crippen molar-refractivity contribution in [2.75, 3.05) is 6.54 Å². The second kappa shape index (κ2) is 4.00. The number of nitrogens with zero attached hydrogens (tertiary/aromatic N) is 1. The summed E-state index contributed by atoms with van der Waals surface area (Å²) in [5.74, 6) is -0.00477. The lowest BCUT2D eigenvalue weighted by Gasteiger charge is -2.47. The minimum Gasteiger partial charge on any atom is -0.465 e. The molecule has 1 amide bonds. The van der Waals surface area contributed by atoms with Gasteiger partial charge in [0, 0.05) is 18.5 Å². The number of aliphatic hydroxyl groups is 1. The third kappa shape index (κ3) is 2.43. The van der Waals surface area contributed by atoms with Gasteiger partial charge in [0.2, 0.25) is 0 Å². The first-order valence-electron chi connectivity index (χ1n) is 5.42. The van der Waals surface area contributed by atoms with E-state index in [1.54, 1.807) is 0 Å². The number of amides is 1. The lowest BCUT2D eigenvalue weighted by molar-refractivity contribution is -0.0396. The van der Waals surface area contributed by atoms with Crippen molar-refractivity contribution in [2.24, 2.45) is 11.3 Å². The molecule has 0 aromatic heterocycles. The molecule has 1 heterocycles. The van der Waals surface area contributed by atoms with Gasteiger partial charge in [-0.15, -0.1) is 0 Å². The molecule has 0 aromatic rings. The molecule has 0 bridgehead atoms. The number of rotatable bonds is 0. The number of hydrogen-bond acceptors (Lipinski definition) is 2. The molecule has 1 aliphatic heterocycles. The van der Waals surface area contributed by atoms with Crippen LogP contribution in [0.25, 0.3) is 0 Å². The highest BCUT2D eigenvalue weighted by Gasteiger charge is 2.43. The van der Waals surface area contributed by atoms with Crippen LogP contribution >= 0.6 is 0 Å². The third-order valence-electron chi connectivity index (χ3n) is 3.24. The first-order valence-corrected chi connectivity index (χ1v) is 5.42. The Hall–Kier alpha value is -0.770. The van der Waals surface area contributed by atoms with E-state index in [-0.39, 0.29) is 23.5 Å². The van der Waals surface area contributed by atoms with Gasteiger partial charge in [0.05, 0.1) is 6.10 Å². The molecule has 1 rings (SSSR count). The molecule has 0 saturated carbocycles. The second-order valence-corrected chi connectivity index (χ2v) is 5.50. The molecule has 4 nitrogen and oxygen atoms in total. The molecule has 3 atom stereocenters. The van der Waals surface area contributed by atoms with E-state index in [2.05, 4.69) is 0 Å². The third-order valence-corrected chi connectivity index (χ3v) is 3.24. The van der Waals surface area contributed by atoms with Gasteiger partial charge in [0.15, 0.2) is 0 Å². The Morgan fingerprint density at radius 3 is 2.33 bits per heavy atom. The van der Waals surface area contributed by atoms with Crippen LogP contribution in [0.5, 0.6) is 0 Å². The molecule has 0 aliphatic carbocycles. The average Bonchev–Trinajstić information content (AvgIpc) is 2.06. The van der Waals surface area contributed by atoms with Crippen LogP contribution in [0.4, 0.5) is 4.79 Å². The van der Waals surface area contributed by atoms with Crippen molar-refractivity contribution in [3.8, 4) is 0 Å². The van der Waals surface area contributed by atoms with Gasteiger partial charge in [0.1, 0.15) is 0 Å². The maximum Gasteiger partial charge on any atom is 0.407 e. The Bertz CT molecular complexity index is 247. The summed E-state index contributed by atoms with van der Waals surface area (Å²) in [7, 11) is 0. The summed E-state index contributed by atoms with van der Waals surface area (Å²) in [6, 6.07) is -0.112. The van der Waals surface area contributed by atoms with Crippen molar-refractivity contribution in [1.29, 1.82) is 0 Å². The standard InChI is InChI=1S/C11H21NO3/c1-7-8(13)5-6-12(10(14)15)9(7)11(2,3)4/h7-9,13H,5-6H2,1-4H3,(H,14,15). The summed E-state index contributed by atoms with van der Waals surface area (Å²) >= 11 is 0. The Balaban J connectivity index is 2.95. The molecule has 2 N–H and O–H groups in total. The number of piperidine rings is 1. The summed E-state index contributed by atoms with van der Waals surface area (Å²) in [5, 5.41) is 18.9. The van der Waals surface area contributed by atoms with Gasteiger partial charge in [-0.25, -0.2) is 4.79 Å². The first kappa shape index (κ1) is 12.3. The van der Waals surface area contributed by atoms with E-state index in [0.29, 0.717) is 13.0 Å². The van der Waals surface area contributed by atoms with Gasteiger partial charge in [-0.05, 0) is 11.8 Å². The Kier molecular flexibility index (Phi) is 3.28. The quantitative estimate of drug-likeness (QED) is 0.647. The van der Waals surface area contributed by atoms with Gasteiger partial charge in [-0.1, -0.05) is 27.7 Å². The van der Waals surface area contributed by atoms with Crippen LogP contribution in [-0.2, 0) is 0 Å². The van der Waals surface area contributed by atoms with Gasteiger partial charge < -0.3 is 15.1 Å². The van der Waals surface area contributed by atoms with Crippen LogP contribution in [0.2, 0.25) is 0 Å². The van der Waals surface area contributed by atoms with E-state index < -0.39 is 6.09 Å². The summed E-state index contributed by atoms with van der Waals surface area (Å²) in [5.41, 5.74) is -0.140. The molecule has 1 saturated heterocycles. The summed E-state index contributed by atoms with van der Waals surface area (Å²) < 4.78 is 0. The largest absolute Gasteiger partial charge is 0.465 e. The van der Waals surface area contributed by atoms with Crippen LogP contribution in [0.1, 0.15) is 34.1 Å². The predicted octanol–water partition coefficient (Wildman–Crippen LogP) is 1.78. The molecular formula is C11H21NO3. The Morgan fingerprint density at radius 2 is 1.93 bits per heavy atom. The molecule has 1 fully saturated rings. The maximum absolute atomic E-state index is 11.1. The summed E-state index contributed by atoms with van der Waals surface area (Å²) in [6.07, 6.45) is -0.724. The van der Waals surface area contributed by atoms with Gasteiger partial charge >= 0.3 is 6.09 Å². The monoisotopic (exact) mass is 215 g/mol. The molecule has 4 heteroatoms. The normalized spacial score (nSPS) is 32.9. The van der Waals surface area contributed by atoms with E-state index in [9.17, 15) is 9.90 Å². The summed E-state index contributed by atoms with van der Waals surface area (Å²) in [4.78, 5) is 12.6. The predicted molar refractivity (Wildman–Crippen MR) is 57.8 cm³/mol. The van der Waals surface area contributed by atoms with Gasteiger partial charge in [-0.2, -0.15) is 0 Å². The van der Waals surface area contributed by atoms with Crippen LogP contribution in [0, 0.1) is 11.3 Å². The van der Waals surface area contributed by atoms with Crippen molar-refractivity contribution >= 4 is 6.09 Å². The highest BCUT2D eigenvalue weighted by Crippen LogP contribution is 2.35. The molecule has 15 heavy (non-hydrogen) atoms. The van der Waals surface area contributed by atoms with Crippen molar-refractivity contribution < 1.29 is 15.0 Å². The van der Waals surface area contributed by atoms with Crippen molar-refractivity contribution in [2.45, 2.75) is 46.3 Å². The zero-order valence-corrected chi connectivity index (χ0v) is 9.90. The van der Waals surface area contributed by atoms with Crippen LogP contribution in [0.15, 0.2) is 0 Å². The van der Waals surface area contributed by atoms with Crippen LogP contribution in [-0.4, -0.2) is 39.9 Å². The minimum atomic E-state index is -0.881. The topological polar surface area (TPSA) is 60.8 Å². The van der Waals surface area contributed by atoms with E-state index in [0.717, 1.165) is 0 Å². The number of likely N-dealkylation sites (tertiary alicyclic amines) is 1. The van der Waals surface area contributed by atoms with E-state index in [1.165, 1.54) is 4.90 Å².